The molecule has 0 amide bonds. The predicted octanol–water partition coefficient (Wildman–Crippen LogP) is 4.52. The molecule has 1 heterocycles. The lowest BCUT2D eigenvalue weighted by molar-refractivity contribution is 0.304. The van der Waals surface area contributed by atoms with Gasteiger partial charge in [-0.05, 0) is 35.9 Å². The van der Waals surface area contributed by atoms with Gasteiger partial charge in [-0.2, -0.15) is 5.10 Å². The van der Waals surface area contributed by atoms with E-state index < -0.39 is 0 Å². The lowest BCUT2D eigenvalue weighted by Crippen LogP contribution is -2.00. The van der Waals surface area contributed by atoms with Crippen molar-refractivity contribution < 1.29 is 9.47 Å². The number of aromatic nitrogens is 1. The van der Waals surface area contributed by atoms with Crippen molar-refractivity contribution in [2.45, 2.75) is 6.61 Å². The van der Waals surface area contributed by atoms with Gasteiger partial charge in [-0.3, -0.25) is 5.43 Å². The number of hydrogen-bond donors (Lipinski definition) is 2. The van der Waals surface area contributed by atoms with E-state index in [1.807, 2.05) is 42.5 Å². The molecule has 0 saturated heterocycles. The predicted molar refractivity (Wildman–Crippen MR) is 109 cm³/mol. The molecule has 3 aromatic rings. The molecule has 3 N–H and O–H groups in total. The van der Waals surface area contributed by atoms with Crippen molar-refractivity contribution >= 4 is 44.4 Å². The van der Waals surface area contributed by atoms with E-state index in [0.29, 0.717) is 17.6 Å². The number of nitrogen functional groups attached to an aromatic ring is 1. The number of nitrogens with one attached hydrogen (secondary N) is 1. The molecule has 6 nitrogen and oxygen atoms in total. The molecule has 0 radical (unpaired) electrons. The van der Waals surface area contributed by atoms with Gasteiger partial charge in [0.25, 0.3) is 0 Å². The maximum Gasteiger partial charge on any atom is 0.205 e. The second kappa shape index (κ2) is 8.68. The Hall–Kier alpha value is -2.58. The number of nitrogens with zero attached hydrogens (tertiary/aromatic N) is 2. The van der Waals surface area contributed by atoms with Crippen LogP contribution in [0.4, 0.5) is 10.9 Å². The van der Waals surface area contributed by atoms with E-state index >= 15 is 0 Å². The Morgan fingerprint density at radius 1 is 1.31 bits per heavy atom. The first-order chi connectivity index (χ1) is 12.6. The number of methoxy groups -OCH3 is 1. The average molecular weight is 433 g/mol. The number of thiazole rings is 1. The fraction of sp³-hybridized carbons (Fsp3) is 0.111. The maximum absolute atomic E-state index is 5.96. The number of anilines is 2. The van der Waals surface area contributed by atoms with Gasteiger partial charge in [0.15, 0.2) is 0 Å². The summed E-state index contributed by atoms with van der Waals surface area (Å²) in [6.45, 7) is 0.427. The maximum atomic E-state index is 5.96. The molecule has 26 heavy (non-hydrogen) atoms. The number of hydrogen-bond acceptors (Lipinski definition) is 7. The zero-order chi connectivity index (χ0) is 18.4. The van der Waals surface area contributed by atoms with Gasteiger partial charge in [0.1, 0.15) is 23.9 Å². The summed E-state index contributed by atoms with van der Waals surface area (Å²) < 4.78 is 12.1. The average Bonchev–Trinajstić information content (AvgIpc) is 3.06. The Labute approximate surface area is 163 Å². The van der Waals surface area contributed by atoms with Gasteiger partial charge in [-0.25, -0.2) is 4.98 Å². The third kappa shape index (κ3) is 4.96. The molecule has 0 aliphatic heterocycles. The van der Waals surface area contributed by atoms with Crippen molar-refractivity contribution in [3.05, 3.63) is 63.4 Å². The molecule has 0 atom stereocenters. The fourth-order valence-corrected chi connectivity index (χ4v) is 3.10. The van der Waals surface area contributed by atoms with Gasteiger partial charge < -0.3 is 15.2 Å². The standard InChI is InChI=1S/C18H17BrN4O2S/c1-24-15-4-2-3-12(7-15)10-25-16-6-5-14(19)8-13(16)9-21-23-18-22-17(20)11-26-18/h2-9,11H,10,20H2,1H3,(H,22,23). The summed E-state index contributed by atoms with van der Waals surface area (Å²) >= 11 is 4.86. The van der Waals surface area contributed by atoms with Gasteiger partial charge in [-0.1, -0.05) is 28.1 Å². The first-order valence-electron chi connectivity index (χ1n) is 7.69. The normalized spacial score (nSPS) is 10.8. The molecule has 1 aromatic heterocycles. The molecule has 2 aromatic carbocycles. The summed E-state index contributed by atoms with van der Waals surface area (Å²) in [5.74, 6) is 1.99. The first-order valence-corrected chi connectivity index (χ1v) is 9.36. The van der Waals surface area contributed by atoms with Gasteiger partial charge >= 0.3 is 0 Å². The van der Waals surface area contributed by atoms with Gasteiger partial charge in [0.2, 0.25) is 5.13 Å². The highest BCUT2D eigenvalue weighted by molar-refractivity contribution is 9.10. The molecular weight excluding hydrogens is 416 g/mol. The molecule has 0 saturated carbocycles. The van der Waals surface area contributed by atoms with Gasteiger partial charge in [-0.15, -0.1) is 11.3 Å². The first kappa shape index (κ1) is 18.2. The molecule has 0 aliphatic rings. The van der Waals surface area contributed by atoms with Crippen molar-refractivity contribution in [2.75, 3.05) is 18.3 Å². The van der Waals surface area contributed by atoms with Crippen LogP contribution in [0.5, 0.6) is 11.5 Å². The molecular formula is C18H17BrN4O2S. The fourth-order valence-electron chi connectivity index (χ4n) is 2.17. The highest BCUT2D eigenvalue weighted by Gasteiger charge is 2.05. The SMILES string of the molecule is COc1cccc(COc2ccc(Br)cc2C=NNc2nc(N)cs2)c1. The number of halogens is 1. The Morgan fingerprint density at radius 2 is 2.19 bits per heavy atom. The van der Waals surface area contributed by atoms with E-state index in [2.05, 4.69) is 31.4 Å². The van der Waals surface area contributed by atoms with Gasteiger partial charge in [0.05, 0.1) is 13.3 Å². The van der Waals surface area contributed by atoms with Crippen LogP contribution >= 0.6 is 27.3 Å². The van der Waals surface area contributed by atoms with E-state index in [1.165, 1.54) is 11.3 Å². The van der Waals surface area contributed by atoms with Crippen LogP contribution in [0.15, 0.2) is 57.4 Å². The number of benzene rings is 2. The quantitative estimate of drug-likeness (QED) is 0.423. The summed E-state index contributed by atoms with van der Waals surface area (Å²) in [5.41, 5.74) is 10.3. The zero-order valence-electron chi connectivity index (χ0n) is 14.0. The third-order valence-corrected chi connectivity index (χ3v) is 4.64. The van der Waals surface area contributed by atoms with Crippen molar-refractivity contribution in [3.8, 4) is 11.5 Å². The van der Waals surface area contributed by atoms with E-state index in [9.17, 15) is 0 Å². The summed E-state index contributed by atoms with van der Waals surface area (Å²) in [6.07, 6.45) is 1.68. The number of ether oxygens (including phenoxy) is 2. The summed E-state index contributed by atoms with van der Waals surface area (Å²) in [6, 6.07) is 13.5. The van der Waals surface area contributed by atoms with Gasteiger partial charge in [0, 0.05) is 15.4 Å². The van der Waals surface area contributed by atoms with E-state index in [1.54, 1.807) is 18.7 Å². The van der Waals surface area contributed by atoms with Crippen LogP contribution in [-0.2, 0) is 6.61 Å². The highest BCUT2D eigenvalue weighted by atomic mass is 79.9. The minimum Gasteiger partial charge on any atom is -0.497 e. The third-order valence-electron chi connectivity index (χ3n) is 3.39. The summed E-state index contributed by atoms with van der Waals surface area (Å²) in [7, 11) is 1.65. The monoisotopic (exact) mass is 432 g/mol. The smallest absolute Gasteiger partial charge is 0.205 e. The molecule has 0 fully saturated rings. The van der Waals surface area contributed by atoms with Crippen molar-refractivity contribution in [2.24, 2.45) is 5.10 Å². The zero-order valence-corrected chi connectivity index (χ0v) is 16.4. The van der Waals surface area contributed by atoms with Crippen LogP contribution in [-0.4, -0.2) is 18.3 Å². The topological polar surface area (TPSA) is 81.8 Å². The molecule has 3 rings (SSSR count). The van der Waals surface area contributed by atoms with E-state index in [-0.39, 0.29) is 0 Å². The molecule has 0 aliphatic carbocycles. The number of nitrogens with two attached hydrogens (primary N) is 1. The van der Waals surface area contributed by atoms with Crippen molar-refractivity contribution in [1.29, 1.82) is 0 Å². The highest BCUT2D eigenvalue weighted by Crippen LogP contribution is 2.24. The number of rotatable bonds is 7. The Balaban J connectivity index is 1.70. The van der Waals surface area contributed by atoms with E-state index in [4.69, 9.17) is 15.2 Å². The minimum absolute atomic E-state index is 0.427. The Morgan fingerprint density at radius 3 is 2.96 bits per heavy atom. The van der Waals surface area contributed by atoms with Crippen LogP contribution in [0.3, 0.4) is 0 Å². The molecule has 0 spiro atoms. The van der Waals surface area contributed by atoms with E-state index in [0.717, 1.165) is 27.1 Å². The summed E-state index contributed by atoms with van der Waals surface area (Å²) in [4.78, 5) is 4.09. The second-order valence-corrected chi connectivity index (χ2v) is 7.04. The largest absolute Gasteiger partial charge is 0.497 e. The lowest BCUT2D eigenvalue weighted by atomic mass is 10.2. The van der Waals surface area contributed by atoms with Crippen LogP contribution < -0.4 is 20.6 Å². The number of hydrazone groups is 1. The minimum atomic E-state index is 0.427. The molecule has 8 heteroatoms. The summed E-state index contributed by atoms with van der Waals surface area (Å²) in [5, 5.41) is 6.59. The van der Waals surface area contributed by atoms with Crippen LogP contribution in [0, 0.1) is 0 Å². The second-order valence-electron chi connectivity index (χ2n) is 5.27. The Kier molecular flexibility index (Phi) is 6.08. The van der Waals surface area contributed by atoms with Crippen LogP contribution in [0.2, 0.25) is 0 Å². The lowest BCUT2D eigenvalue weighted by Gasteiger charge is -2.10. The molecule has 134 valence electrons. The van der Waals surface area contributed by atoms with Crippen molar-refractivity contribution in [3.63, 3.8) is 0 Å². The van der Waals surface area contributed by atoms with Crippen molar-refractivity contribution in [1.82, 2.24) is 4.98 Å². The molecule has 0 bridgehead atoms. The molecule has 0 unspecified atom stereocenters. The Bertz CT molecular complexity index is 914. The van der Waals surface area contributed by atoms with Crippen LogP contribution in [0.25, 0.3) is 0 Å². The van der Waals surface area contributed by atoms with Crippen LogP contribution in [0.1, 0.15) is 11.1 Å².